The van der Waals surface area contributed by atoms with E-state index in [4.69, 9.17) is 0 Å². The lowest BCUT2D eigenvalue weighted by molar-refractivity contribution is -0.119. The van der Waals surface area contributed by atoms with Crippen LogP contribution in [0.5, 0.6) is 0 Å². The molecule has 4 nitrogen and oxygen atoms in total. The molecule has 0 bridgehead atoms. The normalized spacial score (nSPS) is 22.8. The molecule has 0 spiro atoms. The van der Waals surface area contributed by atoms with Crippen molar-refractivity contribution in [1.29, 1.82) is 0 Å². The molecule has 4 heteroatoms. The Morgan fingerprint density at radius 3 is 1.40 bits per heavy atom. The molecule has 4 aromatic rings. The Balaban J connectivity index is 0.000000178. The second-order valence-electron chi connectivity index (χ2n) is 12.8. The Kier molecular flexibility index (Phi) is 9.53. The number of ketones is 2. The summed E-state index contributed by atoms with van der Waals surface area (Å²) in [6.45, 7) is 6.22. The highest BCUT2D eigenvalue weighted by atomic mass is 16.1. The maximum absolute atomic E-state index is 13.0. The van der Waals surface area contributed by atoms with E-state index in [-0.39, 0.29) is 17.0 Å². The minimum absolute atomic E-state index is 0.251. The first kappa shape index (κ1) is 31.7. The highest BCUT2D eigenvalue weighted by Crippen LogP contribution is 2.42. The Labute approximate surface area is 268 Å². The fourth-order valence-corrected chi connectivity index (χ4v) is 6.47. The third-order valence-electron chi connectivity index (χ3n) is 9.47. The summed E-state index contributed by atoms with van der Waals surface area (Å²) in [7, 11) is 3.99. The molecule has 4 aromatic carbocycles. The van der Waals surface area contributed by atoms with Crippen LogP contribution in [-0.2, 0) is 20.4 Å². The maximum Gasteiger partial charge on any atom is 0.170 e. The van der Waals surface area contributed by atoms with E-state index in [0.29, 0.717) is 0 Å². The number of carbonyl (C=O) groups excluding carboxylic acids is 2. The molecule has 2 aliphatic rings. The largest absolute Gasteiger partial charge is 0.351 e. The van der Waals surface area contributed by atoms with E-state index in [1.807, 2.05) is 109 Å². The van der Waals surface area contributed by atoms with Crippen LogP contribution in [0.4, 0.5) is 11.4 Å². The van der Waals surface area contributed by atoms with Gasteiger partial charge >= 0.3 is 0 Å². The zero-order valence-electron chi connectivity index (χ0n) is 27.2. The van der Waals surface area contributed by atoms with Crippen molar-refractivity contribution < 1.29 is 9.59 Å². The standard InChI is InChI=1S/C21H23NO.C20H21NO/c1-16-8-7-9-18(14-16)21(2)13-12-17(20(21)23)15-22(3)19-10-5-4-6-11-19;1-20(17-9-5-3-6-10-17)14-13-16(19(20)22)15-21(2)18-11-7-4-8-12-18/h4-11,14-15H,12-13H2,1-3H3;3-12,15H,13-14H2,1-2H3/b17-15+;16-15+. The van der Waals surface area contributed by atoms with Crippen molar-refractivity contribution in [3.63, 3.8) is 0 Å². The average molecular weight is 597 g/mol. The van der Waals surface area contributed by atoms with Crippen molar-refractivity contribution in [3.8, 4) is 0 Å². The summed E-state index contributed by atoms with van der Waals surface area (Å²) in [6, 6.07) is 38.7. The summed E-state index contributed by atoms with van der Waals surface area (Å²) in [4.78, 5) is 30.0. The molecule has 0 radical (unpaired) electrons. The van der Waals surface area contributed by atoms with Gasteiger partial charge in [-0.25, -0.2) is 0 Å². The van der Waals surface area contributed by atoms with Crippen LogP contribution >= 0.6 is 0 Å². The van der Waals surface area contributed by atoms with Gasteiger partial charge in [-0.2, -0.15) is 0 Å². The second-order valence-corrected chi connectivity index (χ2v) is 12.8. The van der Waals surface area contributed by atoms with Crippen molar-refractivity contribution in [2.75, 3.05) is 23.9 Å². The van der Waals surface area contributed by atoms with Crippen LogP contribution in [-0.4, -0.2) is 25.7 Å². The lowest BCUT2D eigenvalue weighted by atomic mass is 9.79. The molecule has 45 heavy (non-hydrogen) atoms. The van der Waals surface area contributed by atoms with Crippen molar-refractivity contribution in [3.05, 3.63) is 155 Å². The highest BCUT2D eigenvalue weighted by Gasteiger charge is 2.43. The number of aryl methyl sites for hydroxylation is 1. The first-order valence-electron chi connectivity index (χ1n) is 15.8. The fourth-order valence-electron chi connectivity index (χ4n) is 6.47. The molecule has 2 unspecified atom stereocenters. The molecule has 0 aliphatic heterocycles. The van der Waals surface area contributed by atoms with Gasteiger partial charge in [-0.15, -0.1) is 0 Å². The van der Waals surface area contributed by atoms with E-state index in [9.17, 15) is 9.59 Å². The van der Waals surface area contributed by atoms with E-state index in [2.05, 4.69) is 63.2 Å². The van der Waals surface area contributed by atoms with Crippen molar-refractivity contribution >= 4 is 22.9 Å². The Morgan fingerprint density at radius 2 is 0.956 bits per heavy atom. The van der Waals surface area contributed by atoms with Crippen LogP contribution in [0.1, 0.15) is 56.2 Å². The smallest absolute Gasteiger partial charge is 0.170 e. The number of para-hydroxylation sites is 2. The predicted molar refractivity (Wildman–Crippen MR) is 187 cm³/mol. The summed E-state index contributed by atoms with van der Waals surface area (Å²) in [5.74, 6) is 0.507. The molecule has 2 atom stereocenters. The monoisotopic (exact) mass is 596 g/mol. The van der Waals surface area contributed by atoms with Crippen LogP contribution in [0.25, 0.3) is 0 Å². The minimum atomic E-state index is -0.393. The van der Waals surface area contributed by atoms with Gasteiger partial charge in [-0.05, 0) is 81.8 Å². The van der Waals surface area contributed by atoms with Crippen LogP contribution in [0.2, 0.25) is 0 Å². The molecule has 2 fully saturated rings. The number of carbonyl (C=O) groups is 2. The molecule has 2 saturated carbocycles. The van der Waals surface area contributed by atoms with E-state index in [1.165, 1.54) is 5.56 Å². The average Bonchev–Trinajstić information content (AvgIpc) is 3.53. The van der Waals surface area contributed by atoms with Gasteiger partial charge in [0.2, 0.25) is 0 Å². The number of nitrogens with zero attached hydrogens (tertiary/aromatic N) is 2. The van der Waals surface area contributed by atoms with E-state index in [0.717, 1.165) is 59.3 Å². The molecule has 0 heterocycles. The second kappa shape index (κ2) is 13.5. The highest BCUT2D eigenvalue weighted by molar-refractivity contribution is 6.06. The lowest BCUT2D eigenvalue weighted by Gasteiger charge is -2.23. The van der Waals surface area contributed by atoms with Crippen LogP contribution in [0.3, 0.4) is 0 Å². The number of Topliss-reactive ketones (excluding diaryl/α,β-unsaturated/α-hetero) is 2. The van der Waals surface area contributed by atoms with Crippen LogP contribution in [0.15, 0.2) is 139 Å². The van der Waals surface area contributed by atoms with Crippen molar-refractivity contribution in [2.45, 2.75) is 57.3 Å². The summed E-state index contributed by atoms with van der Waals surface area (Å²) < 4.78 is 0. The third-order valence-corrected chi connectivity index (χ3v) is 9.47. The van der Waals surface area contributed by atoms with Crippen LogP contribution in [0, 0.1) is 6.92 Å². The van der Waals surface area contributed by atoms with Gasteiger partial charge in [0.1, 0.15) is 0 Å². The fraction of sp³-hybridized carbons (Fsp3) is 0.268. The van der Waals surface area contributed by atoms with Gasteiger partial charge < -0.3 is 9.80 Å². The summed E-state index contributed by atoms with van der Waals surface area (Å²) in [6.07, 6.45) is 7.42. The number of allylic oxidation sites excluding steroid dienone is 2. The molecule has 230 valence electrons. The molecule has 0 N–H and O–H groups in total. The summed E-state index contributed by atoms with van der Waals surface area (Å²) in [5.41, 5.74) is 6.69. The number of hydrogen-bond acceptors (Lipinski definition) is 4. The van der Waals surface area contributed by atoms with E-state index >= 15 is 0 Å². The lowest BCUT2D eigenvalue weighted by Crippen LogP contribution is -2.28. The zero-order valence-corrected chi connectivity index (χ0v) is 27.2. The molecular formula is C41H44N2O2. The molecule has 6 rings (SSSR count). The van der Waals surface area contributed by atoms with E-state index < -0.39 is 5.41 Å². The Bertz CT molecular complexity index is 1690. The summed E-state index contributed by atoms with van der Waals surface area (Å²) >= 11 is 0. The van der Waals surface area contributed by atoms with Gasteiger partial charge in [0, 0.05) is 49.0 Å². The Morgan fingerprint density at radius 1 is 0.556 bits per heavy atom. The molecule has 0 amide bonds. The van der Waals surface area contributed by atoms with E-state index in [1.54, 1.807) is 0 Å². The van der Waals surface area contributed by atoms with Gasteiger partial charge in [-0.3, -0.25) is 9.59 Å². The number of anilines is 2. The first-order valence-corrected chi connectivity index (χ1v) is 15.8. The SMILES string of the molecule is CN(/C=C1\CCC(C)(c2ccccc2)C1=O)c1ccccc1.Cc1cccc(C2(C)CC/C(=C\N(C)c3ccccc3)C2=O)c1. The van der Waals surface area contributed by atoms with Gasteiger partial charge in [0.05, 0.1) is 10.8 Å². The molecular weight excluding hydrogens is 552 g/mol. The van der Waals surface area contributed by atoms with Crippen LogP contribution < -0.4 is 9.80 Å². The molecule has 2 aliphatic carbocycles. The van der Waals surface area contributed by atoms with Crippen molar-refractivity contribution in [2.24, 2.45) is 0 Å². The minimum Gasteiger partial charge on any atom is -0.351 e. The number of hydrogen-bond donors (Lipinski definition) is 0. The first-order chi connectivity index (χ1) is 21.6. The quantitative estimate of drug-likeness (QED) is 0.208. The number of rotatable bonds is 6. The van der Waals surface area contributed by atoms with Gasteiger partial charge in [0.15, 0.2) is 11.6 Å². The van der Waals surface area contributed by atoms with Crippen molar-refractivity contribution in [1.82, 2.24) is 0 Å². The Hall–Kier alpha value is -4.70. The topological polar surface area (TPSA) is 40.6 Å². The molecule has 0 aromatic heterocycles. The van der Waals surface area contributed by atoms with Gasteiger partial charge in [-0.1, -0.05) is 96.6 Å². The predicted octanol–water partition coefficient (Wildman–Crippen LogP) is 8.96. The third kappa shape index (κ3) is 6.86. The van der Waals surface area contributed by atoms with Gasteiger partial charge in [0.25, 0.3) is 0 Å². The molecule has 0 saturated heterocycles. The number of benzene rings is 4. The zero-order chi connectivity index (χ0) is 32.0. The maximum atomic E-state index is 13.0. The summed E-state index contributed by atoms with van der Waals surface area (Å²) in [5, 5.41) is 0.